The van der Waals surface area contributed by atoms with Crippen LogP contribution in [0.2, 0.25) is 0 Å². The van der Waals surface area contributed by atoms with Gasteiger partial charge in [0.15, 0.2) is 0 Å². The summed E-state index contributed by atoms with van der Waals surface area (Å²) in [6, 6.07) is 8.40. The maximum Gasteiger partial charge on any atom is 0.0754 e. The minimum atomic E-state index is 1.09. The lowest BCUT2D eigenvalue weighted by Crippen LogP contribution is -1.94. The molecule has 0 aliphatic rings. The molecule has 0 saturated carbocycles. The molecule has 0 amide bonds. The van der Waals surface area contributed by atoms with Crippen LogP contribution in [-0.4, -0.2) is 12.0 Å². The van der Waals surface area contributed by atoms with Gasteiger partial charge in [0.05, 0.1) is 5.52 Å². The number of nitrogens with one attached hydrogen (secondary N) is 1. The number of para-hydroxylation sites is 1. The van der Waals surface area contributed by atoms with Gasteiger partial charge in [0.2, 0.25) is 0 Å². The van der Waals surface area contributed by atoms with Crippen LogP contribution in [0.1, 0.15) is 18.9 Å². The van der Waals surface area contributed by atoms with Crippen molar-refractivity contribution in [1.29, 1.82) is 0 Å². The minimum absolute atomic E-state index is 1.09. The number of anilines is 1. The maximum atomic E-state index is 4.47. The second kappa shape index (κ2) is 4.30. The molecule has 0 spiro atoms. The maximum absolute atomic E-state index is 4.47. The van der Waals surface area contributed by atoms with Crippen molar-refractivity contribution < 1.29 is 0 Å². The third kappa shape index (κ3) is 1.80. The van der Waals surface area contributed by atoms with Crippen molar-refractivity contribution >= 4 is 16.6 Å². The summed E-state index contributed by atoms with van der Waals surface area (Å²) in [4.78, 5) is 4.47. The molecule has 2 rings (SSSR count). The molecule has 0 atom stereocenters. The SMILES string of the molecule is CCCc1cccc2c(NC)ccnc12. The molecular formula is C13H16N2. The Morgan fingerprint density at radius 1 is 1.27 bits per heavy atom. The van der Waals surface area contributed by atoms with Crippen molar-refractivity contribution in [2.75, 3.05) is 12.4 Å². The van der Waals surface area contributed by atoms with Crippen molar-refractivity contribution in [2.24, 2.45) is 0 Å². The number of aromatic nitrogens is 1. The van der Waals surface area contributed by atoms with E-state index in [9.17, 15) is 0 Å². The smallest absolute Gasteiger partial charge is 0.0754 e. The van der Waals surface area contributed by atoms with Crippen LogP contribution in [0.25, 0.3) is 10.9 Å². The molecule has 78 valence electrons. The number of benzene rings is 1. The molecule has 0 saturated heterocycles. The first-order valence-corrected chi connectivity index (χ1v) is 5.41. The molecule has 0 aliphatic carbocycles. The number of rotatable bonds is 3. The number of pyridine rings is 1. The van der Waals surface area contributed by atoms with Gasteiger partial charge in [0.25, 0.3) is 0 Å². The Labute approximate surface area is 90.3 Å². The highest BCUT2D eigenvalue weighted by molar-refractivity contribution is 5.92. The first-order valence-electron chi connectivity index (χ1n) is 5.41. The zero-order chi connectivity index (χ0) is 10.7. The number of hydrogen-bond donors (Lipinski definition) is 1. The topological polar surface area (TPSA) is 24.9 Å². The van der Waals surface area contributed by atoms with Crippen molar-refractivity contribution in [3.63, 3.8) is 0 Å². The first kappa shape index (κ1) is 9.97. The Kier molecular flexibility index (Phi) is 2.86. The second-order valence-corrected chi connectivity index (χ2v) is 3.67. The van der Waals surface area contributed by atoms with Crippen LogP contribution < -0.4 is 5.32 Å². The predicted molar refractivity (Wildman–Crippen MR) is 65.3 cm³/mol. The normalized spacial score (nSPS) is 10.5. The fourth-order valence-corrected chi connectivity index (χ4v) is 1.93. The van der Waals surface area contributed by atoms with E-state index < -0.39 is 0 Å². The van der Waals surface area contributed by atoms with Crippen LogP contribution in [0.5, 0.6) is 0 Å². The van der Waals surface area contributed by atoms with Gasteiger partial charge in [0.1, 0.15) is 0 Å². The molecule has 0 radical (unpaired) electrons. The lowest BCUT2D eigenvalue weighted by atomic mass is 10.0. The molecule has 2 nitrogen and oxygen atoms in total. The summed E-state index contributed by atoms with van der Waals surface area (Å²) in [5.41, 5.74) is 3.62. The molecule has 1 aromatic carbocycles. The predicted octanol–water partition coefficient (Wildman–Crippen LogP) is 3.23. The zero-order valence-electron chi connectivity index (χ0n) is 9.25. The zero-order valence-corrected chi connectivity index (χ0v) is 9.25. The molecule has 1 N–H and O–H groups in total. The van der Waals surface area contributed by atoms with E-state index in [1.807, 2.05) is 19.3 Å². The summed E-state index contributed by atoms with van der Waals surface area (Å²) < 4.78 is 0. The molecule has 2 aromatic rings. The van der Waals surface area contributed by atoms with E-state index in [2.05, 4.69) is 35.4 Å². The number of aryl methyl sites for hydroxylation is 1. The van der Waals surface area contributed by atoms with Gasteiger partial charge in [0, 0.05) is 24.3 Å². The lowest BCUT2D eigenvalue weighted by Gasteiger charge is -2.08. The van der Waals surface area contributed by atoms with E-state index in [-0.39, 0.29) is 0 Å². The van der Waals surface area contributed by atoms with E-state index >= 15 is 0 Å². The fraction of sp³-hybridized carbons (Fsp3) is 0.308. The summed E-state index contributed by atoms with van der Waals surface area (Å²) in [7, 11) is 1.95. The van der Waals surface area contributed by atoms with E-state index in [4.69, 9.17) is 0 Å². The van der Waals surface area contributed by atoms with Gasteiger partial charge < -0.3 is 5.32 Å². The third-order valence-electron chi connectivity index (χ3n) is 2.64. The van der Waals surface area contributed by atoms with E-state index in [0.717, 1.165) is 24.0 Å². The fourth-order valence-electron chi connectivity index (χ4n) is 1.93. The van der Waals surface area contributed by atoms with Crippen molar-refractivity contribution in [3.05, 3.63) is 36.0 Å². The number of hydrogen-bond acceptors (Lipinski definition) is 2. The van der Waals surface area contributed by atoms with Crippen LogP contribution >= 0.6 is 0 Å². The van der Waals surface area contributed by atoms with Crippen LogP contribution in [0.3, 0.4) is 0 Å². The molecule has 0 fully saturated rings. The Bertz CT molecular complexity index is 463. The lowest BCUT2D eigenvalue weighted by molar-refractivity contribution is 0.926. The van der Waals surface area contributed by atoms with Crippen LogP contribution in [0.4, 0.5) is 5.69 Å². The summed E-state index contributed by atoms with van der Waals surface area (Å²) in [6.45, 7) is 2.20. The largest absolute Gasteiger partial charge is 0.388 e. The van der Waals surface area contributed by atoms with E-state index in [0.29, 0.717) is 0 Å². The van der Waals surface area contributed by atoms with E-state index in [1.165, 1.54) is 10.9 Å². The second-order valence-electron chi connectivity index (χ2n) is 3.67. The Hall–Kier alpha value is -1.57. The Morgan fingerprint density at radius 3 is 2.87 bits per heavy atom. The Balaban J connectivity index is 2.65. The molecule has 0 aliphatic heterocycles. The molecule has 1 heterocycles. The van der Waals surface area contributed by atoms with Gasteiger partial charge >= 0.3 is 0 Å². The highest BCUT2D eigenvalue weighted by Gasteiger charge is 2.03. The van der Waals surface area contributed by atoms with Gasteiger partial charge in [-0.25, -0.2) is 0 Å². The summed E-state index contributed by atoms with van der Waals surface area (Å²) >= 11 is 0. The van der Waals surface area contributed by atoms with Gasteiger partial charge in [-0.1, -0.05) is 31.5 Å². The average Bonchev–Trinajstić information content (AvgIpc) is 2.29. The highest BCUT2D eigenvalue weighted by Crippen LogP contribution is 2.24. The van der Waals surface area contributed by atoms with Gasteiger partial charge in [-0.15, -0.1) is 0 Å². The third-order valence-corrected chi connectivity index (χ3v) is 2.64. The first-order chi connectivity index (χ1) is 7.36. The molecule has 2 heteroatoms. The van der Waals surface area contributed by atoms with Crippen molar-refractivity contribution in [1.82, 2.24) is 4.98 Å². The molecule has 1 aromatic heterocycles. The molecule has 0 bridgehead atoms. The van der Waals surface area contributed by atoms with Crippen LogP contribution in [0.15, 0.2) is 30.5 Å². The van der Waals surface area contributed by atoms with Gasteiger partial charge in [-0.3, -0.25) is 4.98 Å². The number of fused-ring (bicyclic) bond motifs is 1. The van der Waals surface area contributed by atoms with Gasteiger partial charge in [-0.2, -0.15) is 0 Å². The molecule has 0 unspecified atom stereocenters. The number of nitrogens with zero attached hydrogens (tertiary/aromatic N) is 1. The van der Waals surface area contributed by atoms with E-state index in [1.54, 1.807) is 0 Å². The monoisotopic (exact) mass is 200 g/mol. The van der Waals surface area contributed by atoms with Crippen LogP contribution in [0, 0.1) is 0 Å². The van der Waals surface area contributed by atoms with Crippen molar-refractivity contribution in [3.8, 4) is 0 Å². The minimum Gasteiger partial charge on any atom is -0.388 e. The van der Waals surface area contributed by atoms with Gasteiger partial charge in [-0.05, 0) is 18.1 Å². The Morgan fingerprint density at radius 2 is 2.13 bits per heavy atom. The quantitative estimate of drug-likeness (QED) is 0.822. The van der Waals surface area contributed by atoms with Crippen molar-refractivity contribution in [2.45, 2.75) is 19.8 Å². The van der Waals surface area contributed by atoms with Crippen LogP contribution in [-0.2, 0) is 6.42 Å². The molecular weight excluding hydrogens is 184 g/mol. The summed E-state index contributed by atoms with van der Waals surface area (Å²) in [6.07, 6.45) is 4.12. The summed E-state index contributed by atoms with van der Waals surface area (Å²) in [5, 5.41) is 4.41. The standard InChI is InChI=1S/C13H16N2/c1-3-5-10-6-4-7-11-12(14-2)8-9-15-13(10)11/h4,6-9H,3,5H2,1-2H3,(H,14,15). The highest BCUT2D eigenvalue weighted by atomic mass is 14.8. The molecule has 15 heavy (non-hydrogen) atoms. The summed E-state index contributed by atoms with van der Waals surface area (Å²) in [5.74, 6) is 0. The average molecular weight is 200 g/mol.